The van der Waals surface area contributed by atoms with E-state index in [2.05, 4.69) is 15.6 Å². The molecule has 0 aliphatic heterocycles. The number of aromatic nitrogens is 1. The number of amides is 1. The Morgan fingerprint density at radius 1 is 1.21 bits per heavy atom. The standard InChI is InChI=1S/C18H23N3O3/c1-19-10-4-7-17(22)20-12-14-8-9-18(21-13-14)24-16-6-3-5-15(11-16)23-2/h3,5-6,8-9,11,13,19H,4,7,10,12H2,1-2H3,(H,20,22). The highest BCUT2D eigenvalue weighted by atomic mass is 16.5. The van der Waals surface area contributed by atoms with Crippen LogP contribution in [0.1, 0.15) is 18.4 Å². The summed E-state index contributed by atoms with van der Waals surface area (Å²) < 4.78 is 10.8. The fourth-order valence-electron chi connectivity index (χ4n) is 2.08. The number of nitrogens with one attached hydrogen (secondary N) is 2. The first kappa shape index (κ1) is 17.7. The van der Waals surface area contributed by atoms with Crippen LogP contribution in [-0.4, -0.2) is 31.6 Å². The van der Waals surface area contributed by atoms with Gasteiger partial charge in [0.1, 0.15) is 11.5 Å². The van der Waals surface area contributed by atoms with E-state index in [-0.39, 0.29) is 5.91 Å². The van der Waals surface area contributed by atoms with Gasteiger partial charge < -0.3 is 20.1 Å². The molecule has 0 fully saturated rings. The maximum atomic E-state index is 11.7. The van der Waals surface area contributed by atoms with Crippen molar-refractivity contribution in [3.8, 4) is 17.4 Å². The molecule has 0 bridgehead atoms. The third-order valence-electron chi connectivity index (χ3n) is 3.38. The van der Waals surface area contributed by atoms with Gasteiger partial charge in [-0.1, -0.05) is 12.1 Å². The van der Waals surface area contributed by atoms with Gasteiger partial charge in [-0.05, 0) is 37.7 Å². The molecule has 1 heterocycles. The van der Waals surface area contributed by atoms with Gasteiger partial charge in [0.05, 0.1) is 7.11 Å². The second-order valence-corrected chi connectivity index (χ2v) is 5.27. The predicted molar refractivity (Wildman–Crippen MR) is 92.3 cm³/mol. The number of hydrogen-bond donors (Lipinski definition) is 2. The van der Waals surface area contributed by atoms with Crippen LogP contribution in [0.25, 0.3) is 0 Å². The number of methoxy groups -OCH3 is 1. The van der Waals surface area contributed by atoms with Crippen LogP contribution in [0.4, 0.5) is 0 Å². The molecule has 0 unspecified atom stereocenters. The molecule has 2 aromatic rings. The Morgan fingerprint density at radius 2 is 2.04 bits per heavy atom. The van der Waals surface area contributed by atoms with Crippen molar-refractivity contribution in [2.45, 2.75) is 19.4 Å². The Labute approximate surface area is 142 Å². The number of ether oxygens (including phenoxy) is 2. The molecule has 0 spiro atoms. The maximum Gasteiger partial charge on any atom is 0.220 e. The van der Waals surface area contributed by atoms with E-state index in [0.29, 0.717) is 24.6 Å². The van der Waals surface area contributed by atoms with Gasteiger partial charge in [-0.3, -0.25) is 4.79 Å². The van der Waals surface area contributed by atoms with Crippen LogP contribution in [0.5, 0.6) is 17.4 Å². The number of benzene rings is 1. The average Bonchev–Trinajstić information content (AvgIpc) is 2.61. The molecule has 0 aliphatic rings. The predicted octanol–water partition coefficient (Wildman–Crippen LogP) is 2.50. The number of carbonyl (C=O) groups is 1. The van der Waals surface area contributed by atoms with Crippen LogP contribution in [0.15, 0.2) is 42.6 Å². The van der Waals surface area contributed by atoms with Crippen molar-refractivity contribution in [3.63, 3.8) is 0 Å². The lowest BCUT2D eigenvalue weighted by Gasteiger charge is -2.08. The summed E-state index contributed by atoms with van der Waals surface area (Å²) in [6, 6.07) is 11.0. The van der Waals surface area contributed by atoms with Crippen molar-refractivity contribution in [1.29, 1.82) is 0 Å². The number of carbonyl (C=O) groups excluding carboxylic acids is 1. The summed E-state index contributed by atoms with van der Waals surface area (Å²) in [6.45, 7) is 1.30. The molecular weight excluding hydrogens is 306 g/mol. The Hall–Kier alpha value is -2.60. The zero-order valence-electron chi connectivity index (χ0n) is 14.0. The van der Waals surface area contributed by atoms with Crippen LogP contribution in [-0.2, 0) is 11.3 Å². The van der Waals surface area contributed by atoms with Gasteiger partial charge in [-0.2, -0.15) is 0 Å². The Balaban J connectivity index is 1.83. The monoisotopic (exact) mass is 329 g/mol. The van der Waals surface area contributed by atoms with Gasteiger partial charge in [-0.25, -0.2) is 4.98 Å². The number of hydrogen-bond acceptors (Lipinski definition) is 5. The van der Waals surface area contributed by atoms with E-state index in [1.54, 1.807) is 25.4 Å². The third-order valence-corrected chi connectivity index (χ3v) is 3.38. The van der Waals surface area contributed by atoms with Crippen LogP contribution in [0.2, 0.25) is 0 Å². The van der Waals surface area contributed by atoms with Gasteiger partial charge in [0.25, 0.3) is 0 Å². The van der Waals surface area contributed by atoms with Gasteiger partial charge in [0.2, 0.25) is 11.8 Å². The van der Waals surface area contributed by atoms with Crippen molar-refractivity contribution in [2.24, 2.45) is 0 Å². The molecule has 1 amide bonds. The van der Waals surface area contributed by atoms with Crippen LogP contribution in [0.3, 0.4) is 0 Å². The quantitative estimate of drug-likeness (QED) is 0.692. The molecule has 0 saturated heterocycles. The molecule has 0 atom stereocenters. The molecule has 6 heteroatoms. The normalized spacial score (nSPS) is 10.2. The van der Waals surface area contributed by atoms with Crippen LogP contribution < -0.4 is 20.1 Å². The molecule has 1 aromatic heterocycles. The minimum atomic E-state index is 0.0435. The van der Waals surface area contributed by atoms with E-state index in [1.165, 1.54) is 0 Å². The molecule has 0 aliphatic carbocycles. The third kappa shape index (κ3) is 5.89. The Kier molecular flexibility index (Phi) is 7.04. The summed E-state index contributed by atoms with van der Waals surface area (Å²) in [4.78, 5) is 15.9. The highest BCUT2D eigenvalue weighted by Gasteiger charge is 2.03. The fourth-order valence-corrected chi connectivity index (χ4v) is 2.08. The van der Waals surface area contributed by atoms with Gasteiger partial charge in [0, 0.05) is 31.3 Å². The summed E-state index contributed by atoms with van der Waals surface area (Å²) in [5.74, 6) is 1.92. The summed E-state index contributed by atoms with van der Waals surface area (Å²) in [5.41, 5.74) is 0.926. The summed E-state index contributed by atoms with van der Waals surface area (Å²) in [6.07, 6.45) is 3.04. The first-order valence-corrected chi connectivity index (χ1v) is 7.89. The number of pyridine rings is 1. The summed E-state index contributed by atoms with van der Waals surface area (Å²) >= 11 is 0. The second kappa shape index (κ2) is 9.52. The molecule has 0 radical (unpaired) electrons. The molecule has 6 nitrogen and oxygen atoms in total. The summed E-state index contributed by atoms with van der Waals surface area (Å²) in [5, 5.41) is 5.90. The largest absolute Gasteiger partial charge is 0.497 e. The second-order valence-electron chi connectivity index (χ2n) is 5.27. The first-order valence-electron chi connectivity index (χ1n) is 7.89. The minimum Gasteiger partial charge on any atom is -0.497 e. The lowest BCUT2D eigenvalue weighted by molar-refractivity contribution is -0.121. The van der Waals surface area contributed by atoms with E-state index in [9.17, 15) is 4.79 Å². The van der Waals surface area contributed by atoms with Gasteiger partial charge in [0.15, 0.2) is 0 Å². The molecule has 1 aromatic carbocycles. The zero-order chi connectivity index (χ0) is 17.2. The van der Waals surface area contributed by atoms with Crippen LogP contribution in [0, 0.1) is 0 Å². The van der Waals surface area contributed by atoms with Crippen molar-refractivity contribution < 1.29 is 14.3 Å². The Morgan fingerprint density at radius 3 is 2.75 bits per heavy atom. The lowest BCUT2D eigenvalue weighted by atomic mass is 10.2. The highest BCUT2D eigenvalue weighted by Crippen LogP contribution is 2.23. The van der Waals surface area contributed by atoms with E-state index < -0.39 is 0 Å². The average molecular weight is 329 g/mol. The maximum absolute atomic E-state index is 11.7. The zero-order valence-corrected chi connectivity index (χ0v) is 14.0. The van der Waals surface area contributed by atoms with Gasteiger partial charge >= 0.3 is 0 Å². The fraction of sp³-hybridized carbons (Fsp3) is 0.333. The lowest BCUT2D eigenvalue weighted by Crippen LogP contribution is -2.23. The molecule has 2 rings (SSSR count). The van der Waals surface area contributed by atoms with E-state index in [4.69, 9.17) is 9.47 Å². The van der Waals surface area contributed by atoms with E-state index in [1.807, 2.05) is 31.3 Å². The number of nitrogens with zero attached hydrogens (tertiary/aromatic N) is 1. The summed E-state index contributed by atoms with van der Waals surface area (Å²) in [7, 11) is 3.48. The molecule has 2 N–H and O–H groups in total. The topological polar surface area (TPSA) is 72.5 Å². The highest BCUT2D eigenvalue weighted by molar-refractivity contribution is 5.75. The van der Waals surface area contributed by atoms with Crippen molar-refractivity contribution in [2.75, 3.05) is 20.7 Å². The SMILES string of the molecule is CNCCCC(=O)NCc1ccc(Oc2cccc(OC)c2)nc1. The molecule has 128 valence electrons. The van der Waals surface area contributed by atoms with Crippen LogP contribution >= 0.6 is 0 Å². The van der Waals surface area contributed by atoms with E-state index in [0.717, 1.165) is 24.3 Å². The first-order chi connectivity index (χ1) is 11.7. The Bertz CT molecular complexity index is 644. The van der Waals surface area contributed by atoms with Crippen molar-refractivity contribution in [1.82, 2.24) is 15.6 Å². The van der Waals surface area contributed by atoms with Crippen molar-refractivity contribution >= 4 is 5.91 Å². The molecule has 0 saturated carbocycles. The smallest absolute Gasteiger partial charge is 0.220 e. The van der Waals surface area contributed by atoms with Crippen molar-refractivity contribution in [3.05, 3.63) is 48.2 Å². The van der Waals surface area contributed by atoms with Gasteiger partial charge in [-0.15, -0.1) is 0 Å². The molecular formula is C18H23N3O3. The molecule has 24 heavy (non-hydrogen) atoms. The minimum absolute atomic E-state index is 0.0435. The van der Waals surface area contributed by atoms with E-state index >= 15 is 0 Å². The number of rotatable bonds is 9.